The molecule has 0 amide bonds. The number of nitrogens with two attached hydrogens (primary N) is 1. The molecule has 0 aliphatic carbocycles. The van der Waals surface area contributed by atoms with Crippen molar-refractivity contribution in [1.82, 2.24) is 19.8 Å². The summed E-state index contributed by atoms with van der Waals surface area (Å²) in [7, 11) is 0. The van der Waals surface area contributed by atoms with Gasteiger partial charge >= 0.3 is 0 Å². The first kappa shape index (κ1) is 10.4. The minimum absolute atomic E-state index is 0.627. The van der Waals surface area contributed by atoms with E-state index in [1.54, 1.807) is 0 Å². The van der Waals surface area contributed by atoms with Gasteiger partial charge in [-0.25, -0.2) is 4.98 Å². The van der Waals surface area contributed by atoms with Crippen LogP contribution in [0.15, 0.2) is 6.20 Å². The van der Waals surface area contributed by atoms with Crippen LogP contribution < -0.4 is 11.1 Å². The molecule has 1 aliphatic rings. The van der Waals surface area contributed by atoms with Crippen molar-refractivity contribution in [2.45, 2.75) is 20.0 Å². The van der Waals surface area contributed by atoms with E-state index in [-0.39, 0.29) is 0 Å². The van der Waals surface area contributed by atoms with E-state index in [2.05, 4.69) is 26.7 Å². The van der Waals surface area contributed by atoms with Crippen LogP contribution in [0.5, 0.6) is 0 Å². The topological polar surface area (TPSA) is 59.1 Å². The summed E-state index contributed by atoms with van der Waals surface area (Å²) < 4.78 is 2.07. The zero-order chi connectivity index (χ0) is 10.7. The molecule has 84 valence electrons. The lowest BCUT2D eigenvalue weighted by molar-refractivity contribution is 0.228. The molecule has 0 spiro atoms. The van der Waals surface area contributed by atoms with Gasteiger partial charge in [0, 0.05) is 39.3 Å². The lowest BCUT2D eigenvalue weighted by Gasteiger charge is -2.27. The number of nitrogens with zero attached hydrogens (tertiary/aromatic N) is 3. The molecular weight excluding hydrogens is 190 g/mol. The number of imidazole rings is 1. The number of anilines is 1. The van der Waals surface area contributed by atoms with Crippen molar-refractivity contribution in [3.05, 3.63) is 11.9 Å². The third kappa shape index (κ3) is 2.30. The molecule has 1 fully saturated rings. The molecule has 5 heteroatoms. The Bertz CT molecular complexity index is 314. The lowest BCUT2D eigenvalue weighted by atomic mass is 10.3. The fourth-order valence-corrected chi connectivity index (χ4v) is 2.02. The van der Waals surface area contributed by atoms with Gasteiger partial charge in [-0.3, -0.25) is 4.90 Å². The standard InChI is InChI=1S/C10H19N5/c1-2-15-9(7-13-10(15)11)8-14-5-3-12-4-6-14/h7,12H,2-6,8H2,1H3,(H2,11,13). The van der Waals surface area contributed by atoms with Crippen LogP contribution in [0.1, 0.15) is 12.6 Å². The predicted molar refractivity (Wildman–Crippen MR) is 60.5 cm³/mol. The van der Waals surface area contributed by atoms with Gasteiger partial charge in [0.25, 0.3) is 0 Å². The largest absolute Gasteiger partial charge is 0.369 e. The molecule has 0 aromatic carbocycles. The first-order valence-corrected chi connectivity index (χ1v) is 5.54. The highest BCUT2D eigenvalue weighted by Gasteiger charge is 2.13. The number of rotatable bonds is 3. The monoisotopic (exact) mass is 209 g/mol. The molecule has 0 unspecified atom stereocenters. The summed E-state index contributed by atoms with van der Waals surface area (Å²) in [6.07, 6.45) is 1.89. The summed E-state index contributed by atoms with van der Waals surface area (Å²) in [4.78, 5) is 6.58. The molecular formula is C10H19N5. The van der Waals surface area contributed by atoms with Crippen molar-refractivity contribution >= 4 is 5.95 Å². The first-order chi connectivity index (χ1) is 7.31. The Morgan fingerprint density at radius 2 is 2.20 bits per heavy atom. The van der Waals surface area contributed by atoms with Crippen molar-refractivity contribution in [3.8, 4) is 0 Å². The highest BCUT2D eigenvalue weighted by atomic mass is 15.2. The molecule has 1 saturated heterocycles. The fraction of sp³-hybridized carbons (Fsp3) is 0.700. The molecule has 15 heavy (non-hydrogen) atoms. The number of hydrogen-bond donors (Lipinski definition) is 2. The summed E-state index contributed by atoms with van der Waals surface area (Å²) in [5.74, 6) is 0.627. The fourth-order valence-electron chi connectivity index (χ4n) is 2.02. The number of hydrogen-bond acceptors (Lipinski definition) is 4. The Balaban J connectivity index is 2.02. The third-order valence-corrected chi connectivity index (χ3v) is 2.88. The van der Waals surface area contributed by atoms with Gasteiger partial charge in [0.1, 0.15) is 0 Å². The zero-order valence-corrected chi connectivity index (χ0v) is 9.24. The van der Waals surface area contributed by atoms with Gasteiger partial charge in [-0.2, -0.15) is 0 Å². The van der Waals surface area contributed by atoms with E-state index in [1.165, 1.54) is 5.69 Å². The van der Waals surface area contributed by atoms with Crippen molar-refractivity contribution in [1.29, 1.82) is 0 Å². The summed E-state index contributed by atoms with van der Waals surface area (Å²) in [6, 6.07) is 0. The predicted octanol–water partition coefficient (Wildman–Crippen LogP) is -0.110. The molecule has 1 aromatic rings. The Hall–Kier alpha value is -1.07. The van der Waals surface area contributed by atoms with E-state index < -0.39 is 0 Å². The van der Waals surface area contributed by atoms with Gasteiger partial charge in [0.2, 0.25) is 0 Å². The Morgan fingerprint density at radius 1 is 1.47 bits per heavy atom. The lowest BCUT2D eigenvalue weighted by Crippen LogP contribution is -2.43. The van der Waals surface area contributed by atoms with E-state index in [9.17, 15) is 0 Å². The molecule has 0 saturated carbocycles. The minimum atomic E-state index is 0.627. The van der Waals surface area contributed by atoms with E-state index in [0.29, 0.717) is 5.95 Å². The smallest absolute Gasteiger partial charge is 0.200 e. The summed E-state index contributed by atoms with van der Waals surface area (Å²) in [5.41, 5.74) is 7.00. The van der Waals surface area contributed by atoms with Gasteiger partial charge in [0.05, 0.1) is 11.9 Å². The van der Waals surface area contributed by atoms with Crippen LogP contribution in [-0.4, -0.2) is 40.6 Å². The second-order valence-electron chi connectivity index (χ2n) is 3.88. The van der Waals surface area contributed by atoms with Gasteiger partial charge in [-0.1, -0.05) is 0 Å². The van der Waals surface area contributed by atoms with Gasteiger partial charge < -0.3 is 15.6 Å². The van der Waals surface area contributed by atoms with Crippen molar-refractivity contribution in [3.63, 3.8) is 0 Å². The molecule has 2 rings (SSSR count). The first-order valence-electron chi connectivity index (χ1n) is 5.54. The van der Waals surface area contributed by atoms with Crippen molar-refractivity contribution in [2.24, 2.45) is 0 Å². The summed E-state index contributed by atoms with van der Waals surface area (Å²) >= 11 is 0. The summed E-state index contributed by atoms with van der Waals surface area (Å²) in [5, 5.41) is 3.35. The van der Waals surface area contributed by atoms with Crippen LogP contribution in [0, 0.1) is 0 Å². The van der Waals surface area contributed by atoms with Gasteiger partial charge in [-0.05, 0) is 6.92 Å². The van der Waals surface area contributed by atoms with Crippen LogP contribution in [0.2, 0.25) is 0 Å². The number of aromatic nitrogens is 2. The van der Waals surface area contributed by atoms with Crippen LogP contribution in [0.25, 0.3) is 0 Å². The van der Waals surface area contributed by atoms with E-state index in [1.807, 2.05) is 6.20 Å². The van der Waals surface area contributed by atoms with Crippen molar-refractivity contribution in [2.75, 3.05) is 31.9 Å². The molecule has 0 bridgehead atoms. The van der Waals surface area contributed by atoms with Crippen LogP contribution in [0.4, 0.5) is 5.95 Å². The van der Waals surface area contributed by atoms with Gasteiger partial charge in [-0.15, -0.1) is 0 Å². The minimum Gasteiger partial charge on any atom is -0.369 e. The van der Waals surface area contributed by atoms with Crippen LogP contribution >= 0.6 is 0 Å². The Morgan fingerprint density at radius 3 is 2.87 bits per heavy atom. The molecule has 1 aromatic heterocycles. The van der Waals surface area contributed by atoms with E-state index in [4.69, 9.17) is 5.73 Å². The maximum atomic E-state index is 5.78. The second-order valence-corrected chi connectivity index (χ2v) is 3.88. The van der Waals surface area contributed by atoms with E-state index in [0.717, 1.165) is 39.3 Å². The number of nitrogens with one attached hydrogen (secondary N) is 1. The quantitative estimate of drug-likeness (QED) is 0.729. The average molecular weight is 209 g/mol. The van der Waals surface area contributed by atoms with Crippen LogP contribution in [-0.2, 0) is 13.1 Å². The average Bonchev–Trinajstić information content (AvgIpc) is 2.61. The molecule has 0 radical (unpaired) electrons. The zero-order valence-electron chi connectivity index (χ0n) is 9.24. The molecule has 3 N–H and O–H groups in total. The highest BCUT2D eigenvalue weighted by molar-refractivity contribution is 5.22. The van der Waals surface area contributed by atoms with E-state index >= 15 is 0 Å². The number of piperazine rings is 1. The molecule has 1 aliphatic heterocycles. The normalized spacial score (nSPS) is 18.2. The molecule has 0 atom stereocenters. The summed E-state index contributed by atoms with van der Waals surface area (Å²) in [6.45, 7) is 8.32. The molecule has 5 nitrogen and oxygen atoms in total. The number of nitrogen functional groups attached to an aromatic ring is 1. The third-order valence-electron chi connectivity index (χ3n) is 2.88. The Labute approximate surface area is 90.3 Å². The maximum absolute atomic E-state index is 5.78. The Kier molecular flexibility index (Phi) is 3.23. The maximum Gasteiger partial charge on any atom is 0.200 e. The van der Waals surface area contributed by atoms with Crippen molar-refractivity contribution < 1.29 is 0 Å². The SMILES string of the molecule is CCn1c(CN2CCNCC2)cnc1N. The second kappa shape index (κ2) is 4.63. The van der Waals surface area contributed by atoms with Gasteiger partial charge in [0.15, 0.2) is 5.95 Å². The molecule has 2 heterocycles. The van der Waals surface area contributed by atoms with Crippen LogP contribution in [0.3, 0.4) is 0 Å². The highest BCUT2D eigenvalue weighted by Crippen LogP contribution is 2.10.